The molecule has 0 amide bonds. The Morgan fingerprint density at radius 1 is 1.63 bits per heavy atom. The normalized spacial score (nSPS) is 20.5. The van der Waals surface area contributed by atoms with E-state index in [0.717, 1.165) is 0 Å². The van der Waals surface area contributed by atoms with Gasteiger partial charge < -0.3 is 19.8 Å². The maximum absolute atomic E-state index is 11.4. The van der Waals surface area contributed by atoms with Crippen LogP contribution in [0.4, 0.5) is 0 Å². The number of thiocarbonyl (C=S) groups is 1. The molecule has 1 rings (SSSR count). The van der Waals surface area contributed by atoms with Gasteiger partial charge in [0.15, 0.2) is 5.37 Å². The summed E-state index contributed by atoms with van der Waals surface area (Å²) in [7, 11) is 0. The van der Waals surface area contributed by atoms with Gasteiger partial charge in [-0.3, -0.25) is 4.99 Å². The molecule has 1 unspecified atom stereocenters. The van der Waals surface area contributed by atoms with Crippen LogP contribution in [0.5, 0.6) is 0 Å². The van der Waals surface area contributed by atoms with E-state index in [9.17, 15) is 9.90 Å². The Kier molecular flexibility index (Phi) is 5.42. The van der Waals surface area contributed by atoms with Crippen molar-refractivity contribution in [3.8, 4) is 0 Å². The van der Waals surface area contributed by atoms with Crippen LogP contribution in [0.15, 0.2) is 4.99 Å². The first-order valence-corrected chi connectivity index (χ1v) is 7.21. The molecule has 0 aromatic heterocycles. The smallest absolute Gasteiger partial charge is 0.336 e. The summed E-state index contributed by atoms with van der Waals surface area (Å²) in [6, 6.07) is 0. The fourth-order valence-electron chi connectivity index (χ4n) is 1.45. The van der Waals surface area contributed by atoms with E-state index in [1.165, 1.54) is 11.8 Å². The third-order valence-corrected chi connectivity index (χ3v) is 3.71. The van der Waals surface area contributed by atoms with Gasteiger partial charge in [0.1, 0.15) is 11.1 Å². The summed E-state index contributed by atoms with van der Waals surface area (Å²) in [5.41, 5.74) is -0.602. The minimum absolute atomic E-state index is 0.0193. The molecule has 1 N–H and O–H groups in total. The van der Waals surface area contributed by atoms with Gasteiger partial charge in [-0.15, -0.1) is 11.8 Å². The minimum atomic E-state index is -0.929. The molecule has 0 aliphatic carbocycles. The second-order valence-electron chi connectivity index (χ2n) is 4.95. The van der Waals surface area contributed by atoms with Crippen molar-refractivity contribution in [2.45, 2.75) is 31.7 Å². The van der Waals surface area contributed by atoms with Crippen LogP contribution in [-0.2, 0) is 9.53 Å². The Balaban J connectivity index is 2.55. The number of hydrogen-bond acceptors (Lipinski definition) is 6. The van der Waals surface area contributed by atoms with Crippen molar-refractivity contribution >= 4 is 41.0 Å². The van der Waals surface area contributed by atoms with Crippen LogP contribution in [0.2, 0.25) is 0 Å². The van der Waals surface area contributed by atoms with E-state index in [1.807, 2.05) is 0 Å². The van der Waals surface area contributed by atoms with Crippen LogP contribution in [0.3, 0.4) is 0 Å². The number of carbonyl (C=O) groups is 1. The summed E-state index contributed by atoms with van der Waals surface area (Å²) in [4.78, 5) is 16.6. The van der Waals surface area contributed by atoms with Crippen molar-refractivity contribution < 1.29 is 19.7 Å². The molecule has 108 valence electrons. The summed E-state index contributed by atoms with van der Waals surface area (Å²) in [5, 5.41) is 19.7. The summed E-state index contributed by atoms with van der Waals surface area (Å²) in [6.45, 7) is 5.78. The molecule has 19 heavy (non-hydrogen) atoms. The average Bonchev–Trinajstić information content (AvgIpc) is 2.72. The van der Waals surface area contributed by atoms with Gasteiger partial charge >= 0.3 is 5.97 Å². The Bertz CT molecular complexity index is 393. The zero-order valence-corrected chi connectivity index (χ0v) is 12.7. The maximum Gasteiger partial charge on any atom is 0.336 e. The fraction of sp³-hybridized carbons (Fsp3) is 0.727. The molecule has 1 aliphatic rings. The summed E-state index contributed by atoms with van der Waals surface area (Å²) in [5.74, 6) is -0.231. The molecule has 1 fully saturated rings. The molecule has 6 nitrogen and oxygen atoms in total. The highest BCUT2D eigenvalue weighted by Crippen LogP contribution is 2.24. The predicted molar refractivity (Wildman–Crippen MR) is 76.3 cm³/mol. The largest absolute Gasteiger partial charge is 0.595 e. The Hall–Kier alpha value is -1.02. The van der Waals surface area contributed by atoms with E-state index >= 15 is 0 Å². The molecule has 0 aromatic carbocycles. The highest BCUT2D eigenvalue weighted by atomic mass is 32.2. The summed E-state index contributed by atoms with van der Waals surface area (Å²) in [6.07, 6.45) is -0.687. The third kappa shape index (κ3) is 5.23. The molecular formula is C11H17N2O4S2-. The number of carboxylic acid groups (broad SMARTS) is 1. The van der Waals surface area contributed by atoms with Crippen LogP contribution in [0, 0.1) is 0 Å². The first-order chi connectivity index (χ1) is 8.70. The van der Waals surface area contributed by atoms with Gasteiger partial charge in [0.25, 0.3) is 0 Å². The number of carboxylic acids is 1. The van der Waals surface area contributed by atoms with Gasteiger partial charge in [0, 0.05) is 17.9 Å². The minimum Gasteiger partial charge on any atom is -0.595 e. The van der Waals surface area contributed by atoms with Crippen molar-refractivity contribution in [2.24, 2.45) is 4.99 Å². The zero-order chi connectivity index (χ0) is 14.6. The molecule has 1 saturated heterocycles. The topological polar surface area (TPSA) is 85.2 Å². The number of hydrogen-bond donors (Lipinski definition) is 1. The van der Waals surface area contributed by atoms with Crippen molar-refractivity contribution in [1.82, 2.24) is 4.90 Å². The fourth-order valence-corrected chi connectivity index (χ4v) is 2.86. The third-order valence-electron chi connectivity index (χ3n) is 2.16. The number of thioether (sulfide) groups is 1. The molecule has 1 aliphatic heterocycles. The molecule has 1 heterocycles. The molecule has 8 heteroatoms. The summed E-state index contributed by atoms with van der Waals surface area (Å²) >= 11 is 6.43. The van der Waals surface area contributed by atoms with E-state index in [4.69, 9.17) is 22.1 Å². The standard InChI is InChI=1S/C11H18N2O4S2/c1-11(2,3)17-10(16)12-6-7(18)13-4-5-19-8(13)9(14)15/h8H,4-6H2,1-3H3,(H,12,16)(H,14,15)/p-1. The first kappa shape index (κ1) is 16.0. The maximum atomic E-state index is 11.4. The van der Waals surface area contributed by atoms with Crippen molar-refractivity contribution in [3.63, 3.8) is 0 Å². The van der Waals surface area contributed by atoms with Crippen molar-refractivity contribution in [1.29, 1.82) is 0 Å². The number of aliphatic carboxylic acids is 1. The quantitative estimate of drug-likeness (QED) is 0.456. The number of nitrogens with zero attached hydrogens (tertiary/aromatic N) is 2. The monoisotopic (exact) mass is 305 g/mol. The van der Waals surface area contributed by atoms with Gasteiger partial charge in [0.05, 0.1) is 6.54 Å². The van der Waals surface area contributed by atoms with E-state index in [1.54, 1.807) is 25.7 Å². The number of aliphatic imine (C=N–C) groups is 1. The second kappa shape index (κ2) is 6.42. The summed E-state index contributed by atoms with van der Waals surface area (Å²) < 4.78 is 5.02. The SMILES string of the molecule is CC(C)(C)OC([O-])=NCC(=S)N1CCSC1C(=O)O. The molecule has 0 aromatic rings. The molecular weight excluding hydrogens is 288 g/mol. The average molecular weight is 305 g/mol. The van der Waals surface area contributed by atoms with Gasteiger partial charge in [-0.05, 0) is 0 Å². The lowest BCUT2D eigenvalue weighted by molar-refractivity contribution is -0.260. The molecule has 0 radical (unpaired) electrons. The van der Waals surface area contributed by atoms with E-state index < -0.39 is 23.0 Å². The highest BCUT2D eigenvalue weighted by molar-refractivity contribution is 8.00. The van der Waals surface area contributed by atoms with E-state index in [-0.39, 0.29) is 6.54 Å². The van der Waals surface area contributed by atoms with Crippen LogP contribution in [-0.4, -0.2) is 56.9 Å². The number of ether oxygens (including phenoxy) is 1. The van der Waals surface area contributed by atoms with E-state index in [0.29, 0.717) is 17.3 Å². The van der Waals surface area contributed by atoms with Crippen molar-refractivity contribution in [2.75, 3.05) is 18.8 Å². The van der Waals surface area contributed by atoms with Crippen molar-refractivity contribution in [3.05, 3.63) is 0 Å². The van der Waals surface area contributed by atoms with Crippen LogP contribution >= 0.6 is 24.0 Å². The second-order valence-corrected chi connectivity index (χ2v) is 6.60. The molecule has 0 bridgehead atoms. The lowest BCUT2D eigenvalue weighted by Crippen LogP contribution is -2.40. The van der Waals surface area contributed by atoms with Gasteiger partial charge in [-0.25, -0.2) is 4.79 Å². The highest BCUT2D eigenvalue weighted by Gasteiger charge is 2.32. The van der Waals surface area contributed by atoms with Crippen LogP contribution < -0.4 is 5.11 Å². The Morgan fingerprint density at radius 2 is 2.26 bits per heavy atom. The zero-order valence-electron chi connectivity index (χ0n) is 11.1. The Labute approximate surface area is 121 Å². The van der Waals surface area contributed by atoms with Gasteiger partial charge in [0.2, 0.25) is 0 Å². The molecule has 0 saturated carbocycles. The first-order valence-electron chi connectivity index (χ1n) is 5.75. The van der Waals surface area contributed by atoms with Crippen LogP contribution in [0.1, 0.15) is 20.8 Å². The van der Waals surface area contributed by atoms with E-state index in [2.05, 4.69) is 4.99 Å². The lowest BCUT2D eigenvalue weighted by atomic mass is 10.2. The number of rotatable bonds is 3. The lowest BCUT2D eigenvalue weighted by Gasteiger charge is -2.29. The predicted octanol–water partition coefficient (Wildman–Crippen LogP) is 0.305. The van der Waals surface area contributed by atoms with Gasteiger partial charge in [-0.1, -0.05) is 33.0 Å². The Morgan fingerprint density at radius 3 is 2.79 bits per heavy atom. The van der Waals surface area contributed by atoms with Crippen LogP contribution in [0.25, 0.3) is 0 Å². The van der Waals surface area contributed by atoms with Gasteiger partial charge in [-0.2, -0.15) is 0 Å². The molecule has 0 spiro atoms. The molecule has 1 atom stereocenters.